The van der Waals surface area contributed by atoms with Crippen LogP contribution in [0.5, 0.6) is 11.5 Å². The normalized spacial score (nSPS) is 11.0. The number of esters is 2. The fourth-order valence-corrected chi connectivity index (χ4v) is 6.50. The standard InChI is InChI=1S/C54H44N2O4/c1-5-53(57)59-51-35-31-49(32-36-51)55(45-23-7-39(3)8-24-45)47-27-19-43(20-28-47)17-15-41-11-13-42(14-12-41)16-18-44-21-29-48(30-22-44)56(46-25-9-40(4)10-26-46)50-33-37-52(38-34-50)60-54(58)6-2/h5-38H,1-2H2,3-4H3/b17-15+,18-16+. The monoisotopic (exact) mass is 784 g/mol. The molecular weight excluding hydrogens is 741 g/mol. The quantitative estimate of drug-likeness (QED) is 0.0474. The third kappa shape index (κ3) is 10.3. The number of carbonyl (C=O) groups excluding carboxylic acids is 2. The first kappa shape index (κ1) is 40.2. The third-order valence-corrected chi connectivity index (χ3v) is 9.72. The van der Waals surface area contributed by atoms with E-state index in [9.17, 15) is 9.59 Å². The summed E-state index contributed by atoms with van der Waals surface area (Å²) < 4.78 is 10.6. The van der Waals surface area contributed by atoms with Gasteiger partial charge in [-0.25, -0.2) is 9.59 Å². The molecule has 0 atom stereocenters. The maximum Gasteiger partial charge on any atom is 0.335 e. The molecule has 0 heterocycles. The number of carbonyl (C=O) groups is 2. The van der Waals surface area contributed by atoms with Crippen molar-refractivity contribution in [2.24, 2.45) is 0 Å². The van der Waals surface area contributed by atoms with Crippen LogP contribution in [0.2, 0.25) is 0 Å². The van der Waals surface area contributed by atoms with Crippen molar-refractivity contribution in [2.45, 2.75) is 13.8 Å². The predicted octanol–water partition coefficient (Wildman–Crippen LogP) is 13.8. The molecule has 0 aliphatic carbocycles. The average molecular weight is 785 g/mol. The third-order valence-electron chi connectivity index (χ3n) is 9.72. The zero-order valence-corrected chi connectivity index (χ0v) is 33.6. The lowest BCUT2D eigenvalue weighted by Crippen LogP contribution is -2.10. The molecule has 0 N–H and O–H groups in total. The molecule has 294 valence electrons. The van der Waals surface area contributed by atoms with E-state index in [4.69, 9.17) is 9.47 Å². The molecule has 0 bridgehead atoms. The molecule has 0 radical (unpaired) electrons. The fraction of sp³-hybridized carbons (Fsp3) is 0.0370. The van der Waals surface area contributed by atoms with Crippen molar-refractivity contribution >= 4 is 70.4 Å². The number of anilines is 6. The van der Waals surface area contributed by atoms with Crippen LogP contribution in [0.3, 0.4) is 0 Å². The highest BCUT2D eigenvalue weighted by atomic mass is 16.5. The number of hydrogen-bond acceptors (Lipinski definition) is 6. The van der Waals surface area contributed by atoms with Crippen LogP contribution >= 0.6 is 0 Å². The van der Waals surface area contributed by atoms with Gasteiger partial charge >= 0.3 is 11.9 Å². The summed E-state index contributed by atoms with van der Waals surface area (Å²) in [6, 6.07) is 57.0. The van der Waals surface area contributed by atoms with Gasteiger partial charge in [-0.2, -0.15) is 0 Å². The summed E-state index contributed by atoms with van der Waals surface area (Å²) >= 11 is 0. The largest absolute Gasteiger partial charge is 0.423 e. The van der Waals surface area contributed by atoms with Gasteiger partial charge in [-0.15, -0.1) is 0 Å². The maximum atomic E-state index is 11.7. The van der Waals surface area contributed by atoms with Gasteiger partial charge < -0.3 is 19.3 Å². The van der Waals surface area contributed by atoms with Crippen molar-refractivity contribution < 1.29 is 19.1 Å². The second kappa shape index (κ2) is 19.0. The number of benzene rings is 7. The Morgan fingerprint density at radius 2 is 0.583 bits per heavy atom. The van der Waals surface area contributed by atoms with Gasteiger partial charge in [0.1, 0.15) is 11.5 Å². The van der Waals surface area contributed by atoms with Crippen molar-refractivity contribution in [1.82, 2.24) is 0 Å². The first-order chi connectivity index (χ1) is 29.2. The molecule has 0 amide bonds. The smallest absolute Gasteiger partial charge is 0.335 e. The Hall–Kier alpha value is -7.96. The lowest BCUT2D eigenvalue weighted by Gasteiger charge is -2.26. The molecule has 0 spiro atoms. The van der Waals surface area contributed by atoms with E-state index < -0.39 is 11.9 Å². The van der Waals surface area contributed by atoms with Crippen LogP contribution in [-0.2, 0) is 9.59 Å². The lowest BCUT2D eigenvalue weighted by molar-refractivity contribution is -0.129. The molecule has 7 rings (SSSR count). The van der Waals surface area contributed by atoms with Crippen molar-refractivity contribution in [1.29, 1.82) is 0 Å². The SMILES string of the molecule is C=CC(=O)Oc1ccc(N(c2ccc(C)cc2)c2ccc(/C=C/c3ccc(/C=C/c4ccc(N(c5ccc(C)cc5)c5ccc(OC(=O)C=C)cc5)cc4)cc3)cc2)cc1. The van der Waals surface area contributed by atoms with Crippen LogP contribution in [0.1, 0.15) is 33.4 Å². The van der Waals surface area contributed by atoms with Gasteiger partial charge in [-0.3, -0.25) is 0 Å². The Morgan fingerprint density at radius 1 is 0.367 bits per heavy atom. The van der Waals surface area contributed by atoms with E-state index in [0.717, 1.165) is 68.5 Å². The summed E-state index contributed by atoms with van der Waals surface area (Å²) in [5, 5.41) is 0. The highest BCUT2D eigenvalue weighted by Gasteiger charge is 2.15. The second-order valence-corrected chi connectivity index (χ2v) is 14.1. The maximum absolute atomic E-state index is 11.7. The minimum Gasteiger partial charge on any atom is -0.423 e. The topological polar surface area (TPSA) is 59.1 Å². The van der Waals surface area contributed by atoms with Crippen LogP contribution in [0.4, 0.5) is 34.1 Å². The fourth-order valence-electron chi connectivity index (χ4n) is 6.50. The average Bonchev–Trinajstić information content (AvgIpc) is 3.28. The van der Waals surface area contributed by atoms with Gasteiger partial charge in [0.25, 0.3) is 0 Å². The van der Waals surface area contributed by atoms with Crippen LogP contribution in [-0.4, -0.2) is 11.9 Å². The molecule has 0 fully saturated rings. The van der Waals surface area contributed by atoms with E-state index in [-0.39, 0.29) is 0 Å². The molecule has 0 aliphatic heterocycles. The van der Waals surface area contributed by atoms with E-state index in [1.54, 1.807) is 24.3 Å². The first-order valence-corrected chi connectivity index (χ1v) is 19.5. The molecular formula is C54H44N2O4. The summed E-state index contributed by atoms with van der Waals surface area (Å²) in [5.74, 6) is -0.0659. The highest BCUT2D eigenvalue weighted by Crippen LogP contribution is 2.37. The van der Waals surface area contributed by atoms with Crippen LogP contribution < -0.4 is 19.3 Å². The van der Waals surface area contributed by atoms with Crippen LogP contribution in [0, 0.1) is 13.8 Å². The van der Waals surface area contributed by atoms with E-state index in [1.165, 1.54) is 11.1 Å². The lowest BCUT2D eigenvalue weighted by atomic mass is 10.1. The zero-order chi connectivity index (χ0) is 41.8. The number of ether oxygens (including phenoxy) is 2. The Morgan fingerprint density at radius 3 is 0.833 bits per heavy atom. The second-order valence-electron chi connectivity index (χ2n) is 14.1. The molecule has 0 unspecified atom stereocenters. The molecule has 6 nitrogen and oxygen atoms in total. The van der Waals surface area contributed by atoms with Gasteiger partial charge in [0.05, 0.1) is 0 Å². The summed E-state index contributed by atoms with van der Waals surface area (Å²) in [5.41, 5.74) is 12.6. The van der Waals surface area contributed by atoms with E-state index in [0.29, 0.717) is 11.5 Å². The van der Waals surface area contributed by atoms with Gasteiger partial charge in [0, 0.05) is 46.3 Å². The Kier molecular flexibility index (Phi) is 12.7. The zero-order valence-electron chi connectivity index (χ0n) is 33.6. The molecule has 0 aromatic heterocycles. The predicted molar refractivity (Wildman–Crippen MR) is 248 cm³/mol. The number of hydrogen-bond donors (Lipinski definition) is 0. The van der Waals surface area contributed by atoms with Crippen molar-refractivity contribution in [3.63, 3.8) is 0 Å². The molecule has 60 heavy (non-hydrogen) atoms. The number of aryl methyl sites for hydroxylation is 2. The molecule has 0 saturated carbocycles. The Bertz CT molecular complexity index is 2440. The number of nitrogens with zero attached hydrogens (tertiary/aromatic N) is 2. The molecule has 0 saturated heterocycles. The van der Waals surface area contributed by atoms with E-state index in [1.807, 2.05) is 24.3 Å². The minimum atomic E-state index is -0.493. The Balaban J connectivity index is 1.02. The molecule has 7 aromatic rings. The number of rotatable bonds is 14. The van der Waals surface area contributed by atoms with Crippen molar-refractivity contribution in [2.75, 3.05) is 9.80 Å². The molecule has 0 aliphatic rings. The summed E-state index contributed by atoms with van der Waals surface area (Å²) in [6.45, 7) is 11.1. The summed E-state index contributed by atoms with van der Waals surface area (Å²) in [7, 11) is 0. The van der Waals surface area contributed by atoms with E-state index in [2.05, 4.69) is 182 Å². The highest BCUT2D eigenvalue weighted by molar-refractivity contribution is 5.85. The van der Waals surface area contributed by atoms with Crippen LogP contribution in [0.15, 0.2) is 195 Å². The van der Waals surface area contributed by atoms with Crippen molar-refractivity contribution in [3.8, 4) is 11.5 Å². The Labute approximate surface area is 351 Å². The molecule has 6 heteroatoms. The van der Waals surface area contributed by atoms with Crippen molar-refractivity contribution in [3.05, 3.63) is 229 Å². The summed E-state index contributed by atoms with van der Waals surface area (Å²) in [6.07, 6.45) is 10.8. The van der Waals surface area contributed by atoms with Gasteiger partial charge in [0.2, 0.25) is 0 Å². The first-order valence-electron chi connectivity index (χ1n) is 19.5. The van der Waals surface area contributed by atoms with Gasteiger partial charge in [-0.1, -0.05) is 121 Å². The summed E-state index contributed by atoms with van der Waals surface area (Å²) in [4.78, 5) is 27.7. The van der Waals surface area contributed by atoms with Gasteiger partial charge in [0.15, 0.2) is 0 Å². The van der Waals surface area contributed by atoms with E-state index >= 15 is 0 Å². The molecule has 7 aromatic carbocycles. The van der Waals surface area contributed by atoms with Crippen LogP contribution in [0.25, 0.3) is 24.3 Å². The minimum absolute atomic E-state index is 0.460. The van der Waals surface area contributed by atoms with Gasteiger partial charge in [-0.05, 0) is 133 Å².